The Balaban J connectivity index is 1.54. The fourth-order valence-electron chi connectivity index (χ4n) is 3.02. The van der Waals surface area contributed by atoms with Crippen molar-refractivity contribution in [2.75, 3.05) is 36.5 Å². The Morgan fingerprint density at radius 1 is 1.07 bits per heavy atom. The molecule has 1 amide bonds. The topological polar surface area (TPSA) is 67.6 Å². The van der Waals surface area contributed by atoms with E-state index >= 15 is 0 Å². The molecule has 0 unspecified atom stereocenters. The van der Waals surface area contributed by atoms with Crippen molar-refractivity contribution in [3.8, 4) is 11.3 Å². The van der Waals surface area contributed by atoms with Gasteiger partial charge in [0.2, 0.25) is 0 Å². The highest BCUT2D eigenvalue weighted by molar-refractivity contribution is 6.05. The van der Waals surface area contributed by atoms with Crippen LogP contribution in [0.5, 0.6) is 0 Å². The van der Waals surface area contributed by atoms with Gasteiger partial charge in [-0.25, -0.2) is 4.39 Å². The number of aromatic nitrogens is 1. The van der Waals surface area contributed by atoms with Crippen molar-refractivity contribution >= 4 is 17.3 Å². The van der Waals surface area contributed by atoms with Crippen molar-refractivity contribution in [3.63, 3.8) is 0 Å². The number of hydrogen-bond donors (Lipinski definition) is 1. The number of halogens is 1. The zero-order valence-electron chi connectivity index (χ0n) is 14.5. The second kappa shape index (κ2) is 7.59. The molecule has 1 fully saturated rings. The monoisotopic (exact) mass is 367 g/mol. The zero-order chi connectivity index (χ0) is 18.6. The molecule has 7 heteroatoms. The molecule has 6 nitrogen and oxygen atoms in total. The molecule has 27 heavy (non-hydrogen) atoms. The lowest BCUT2D eigenvalue weighted by Gasteiger charge is -2.30. The first kappa shape index (κ1) is 17.2. The molecule has 1 aliphatic rings. The van der Waals surface area contributed by atoms with Crippen LogP contribution >= 0.6 is 0 Å². The molecule has 0 aliphatic carbocycles. The van der Waals surface area contributed by atoms with Crippen molar-refractivity contribution in [1.82, 2.24) is 5.16 Å². The highest BCUT2D eigenvalue weighted by Crippen LogP contribution is 2.28. The van der Waals surface area contributed by atoms with Gasteiger partial charge in [-0.3, -0.25) is 4.79 Å². The van der Waals surface area contributed by atoms with Gasteiger partial charge in [-0.05, 0) is 24.3 Å². The number of carbonyl (C=O) groups is 1. The summed E-state index contributed by atoms with van der Waals surface area (Å²) < 4.78 is 24.4. The van der Waals surface area contributed by atoms with E-state index in [1.54, 1.807) is 18.2 Å². The van der Waals surface area contributed by atoms with E-state index in [1.807, 2.05) is 24.3 Å². The van der Waals surface area contributed by atoms with Crippen molar-refractivity contribution in [2.45, 2.75) is 0 Å². The third-order valence-corrected chi connectivity index (χ3v) is 4.39. The van der Waals surface area contributed by atoms with Crippen LogP contribution in [-0.4, -0.2) is 37.4 Å². The van der Waals surface area contributed by atoms with Crippen molar-refractivity contribution in [3.05, 3.63) is 66.1 Å². The van der Waals surface area contributed by atoms with E-state index < -0.39 is 11.7 Å². The molecule has 138 valence electrons. The Bertz CT molecular complexity index is 951. The van der Waals surface area contributed by atoms with Crippen LogP contribution in [0.2, 0.25) is 0 Å². The Hall–Kier alpha value is -3.19. The van der Waals surface area contributed by atoms with Crippen LogP contribution in [-0.2, 0) is 4.74 Å². The highest BCUT2D eigenvalue weighted by Gasteiger charge is 2.19. The number of morpholine rings is 1. The van der Waals surface area contributed by atoms with E-state index in [1.165, 1.54) is 12.1 Å². The number of hydrogen-bond acceptors (Lipinski definition) is 5. The maximum Gasteiger partial charge on any atom is 0.277 e. The van der Waals surface area contributed by atoms with Gasteiger partial charge in [0.15, 0.2) is 11.5 Å². The number of nitrogens with zero attached hydrogens (tertiary/aromatic N) is 2. The molecule has 2 aromatic carbocycles. The van der Waals surface area contributed by atoms with Crippen LogP contribution in [0.15, 0.2) is 59.1 Å². The number of amides is 1. The largest absolute Gasteiger partial charge is 0.378 e. The van der Waals surface area contributed by atoms with E-state index in [0.29, 0.717) is 18.9 Å². The Morgan fingerprint density at radius 2 is 1.81 bits per heavy atom. The van der Waals surface area contributed by atoms with Gasteiger partial charge in [0.05, 0.1) is 30.2 Å². The summed E-state index contributed by atoms with van der Waals surface area (Å²) in [6.07, 6.45) is 0. The molecule has 4 rings (SSSR count). The summed E-state index contributed by atoms with van der Waals surface area (Å²) in [6.45, 7) is 2.82. The quantitative estimate of drug-likeness (QED) is 0.764. The third-order valence-electron chi connectivity index (χ3n) is 4.39. The van der Waals surface area contributed by atoms with Crippen LogP contribution in [0.4, 0.5) is 15.8 Å². The van der Waals surface area contributed by atoms with Crippen molar-refractivity contribution in [1.29, 1.82) is 0 Å². The summed E-state index contributed by atoms with van der Waals surface area (Å²) in [5, 5.41) is 6.65. The Morgan fingerprint density at radius 3 is 2.63 bits per heavy atom. The van der Waals surface area contributed by atoms with Gasteiger partial charge in [0.25, 0.3) is 5.91 Å². The average Bonchev–Trinajstić information content (AvgIpc) is 3.19. The molecule has 0 saturated carbocycles. The molecule has 1 saturated heterocycles. The lowest BCUT2D eigenvalue weighted by atomic mass is 10.1. The molecular formula is C20H18FN3O3. The Labute approximate surface area is 155 Å². The van der Waals surface area contributed by atoms with E-state index in [4.69, 9.17) is 9.26 Å². The number of nitrogens with one attached hydrogen (secondary N) is 1. The molecular weight excluding hydrogens is 349 g/mol. The standard InChI is InChI=1S/C20H18FN3O3/c21-15-6-2-1-5-14(15)19-13-17(23-27-19)20(25)22-16-7-3-4-8-18(16)24-9-11-26-12-10-24/h1-8,13H,9-12H2,(H,22,25). The number of benzene rings is 2. The van der Waals surface area contributed by atoms with Gasteiger partial charge in [-0.1, -0.05) is 29.4 Å². The molecule has 3 aromatic rings. The summed E-state index contributed by atoms with van der Waals surface area (Å²) in [5.74, 6) is -0.639. The number of carbonyl (C=O) groups excluding carboxylic acids is 1. The SMILES string of the molecule is O=C(Nc1ccccc1N1CCOCC1)c1cc(-c2ccccc2F)on1. The number of anilines is 2. The fourth-order valence-corrected chi connectivity index (χ4v) is 3.02. The maximum absolute atomic E-state index is 13.9. The molecule has 2 heterocycles. The first-order valence-corrected chi connectivity index (χ1v) is 8.67. The minimum Gasteiger partial charge on any atom is -0.378 e. The lowest BCUT2D eigenvalue weighted by Crippen LogP contribution is -2.36. The molecule has 0 atom stereocenters. The first-order valence-electron chi connectivity index (χ1n) is 8.67. The molecule has 1 aliphatic heterocycles. The van der Waals surface area contributed by atoms with Crippen molar-refractivity contribution in [2.24, 2.45) is 0 Å². The van der Waals surface area contributed by atoms with E-state index in [0.717, 1.165) is 18.8 Å². The second-order valence-corrected chi connectivity index (χ2v) is 6.13. The minimum atomic E-state index is -0.432. The van der Waals surface area contributed by atoms with Crippen LogP contribution in [0.1, 0.15) is 10.5 Å². The van der Waals surface area contributed by atoms with Crippen LogP contribution < -0.4 is 10.2 Å². The molecule has 0 spiro atoms. The summed E-state index contributed by atoms with van der Waals surface area (Å²) >= 11 is 0. The van der Waals surface area contributed by atoms with Crippen molar-refractivity contribution < 1.29 is 18.4 Å². The summed E-state index contributed by atoms with van der Waals surface area (Å²) in [4.78, 5) is 14.8. The maximum atomic E-state index is 13.9. The number of para-hydroxylation sites is 2. The van der Waals surface area contributed by atoms with E-state index in [-0.39, 0.29) is 17.0 Å². The smallest absolute Gasteiger partial charge is 0.277 e. The van der Waals surface area contributed by atoms with Gasteiger partial charge >= 0.3 is 0 Å². The average molecular weight is 367 g/mol. The van der Waals surface area contributed by atoms with E-state index in [9.17, 15) is 9.18 Å². The number of rotatable bonds is 4. The van der Waals surface area contributed by atoms with E-state index in [2.05, 4.69) is 15.4 Å². The molecule has 0 radical (unpaired) electrons. The summed E-state index contributed by atoms with van der Waals surface area (Å²) in [5.41, 5.74) is 1.95. The van der Waals surface area contributed by atoms with Crippen LogP contribution in [0, 0.1) is 5.82 Å². The normalized spacial score (nSPS) is 14.2. The van der Waals surface area contributed by atoms with Crippen LogP contribution in [0.25, 0.3) is 11.3 Å². The molecule has 1 N–H and O–H groups in total. The van der Waals surface area contributed by atoms with Gasteiger partial charge in [0.1, 0.15) is 5.82 Å². The van der Waals surface area contributed by atoms with Gasteiger partial charge in [-0.15, -0.1) is 0 Å². The molecule has 1 aromatic heterocycles. The summed E-state index contributed by atoms with van der Waals surface area (Å²) in [6, 6.07) is 15.2. The van der Waals surface area contributed by atoms with Gasteiger partial charge < -0.3 is 19.5 Å². The molecule has 0 bridgehead atoms. The fraction of sp³-hybridized carbons (Fsp3) is 0.200. The third kappa shape index (κ3) is 3.68. The minimum absolute atomic E-state index is 0.0880. The Kier molecular flexibility index (Phi) is 4.84. The number of ether oxygens (including phenoxy) is 1. The predicted octanol–water partition coefficient (Wildman–Crippen LogP) is 3.57. The van der Waals surface area contributed by atoms with Gasteiger partial charge in [0, 0.05) is 19.2 Å². The highest BCUT2D eigenvalue weighted by atomic mass is 19.1. The van der Waals surface area contributed by atoms with Gasteiger partial charge in [-0.2, -0.15) is 0 Å². The second-order valence-electron chi connectivity index (χ2n) is 6.13. The predicted molar refractivity (Wildman–Crippen MR) is 99.3 cm³/mol. The zero-order valence-corrected chi connectivity index (χ0v) is 14.5. The van der Waals surface area contributed by atoms with Crippen LogP contribution in [0.3, 0.4) is 0 Å². The summed E-state index contributed by atoms with van der Waals surface area (Å²) in [7, 11) is 0. The first-order chi connectivity index (χ1) is 13.2. The lowest BCUT2D eigenvalue weighted by molar-refractivity contribution is 0.101.